The van der Waals surface area contributed by atoms with Crippen molar-refractivity contribution >= 4 is 6.09 Å². The minimum atomic E-state index is -0.479. The largest absolute Gasteiger partial charge is 0.491 e. The van der Waals surface area contributed by atoms with Crippen molar-refractivity contribution < 1.29 is 14.3 Å². The Morgan fingerprint density at radius 1 is 1.33 bits per heavy atom. The molecule has 1 heterocycles. The lowest BCUT2D eigenvalue weighted by atomic mass is 9.99. The topological polar surface area (TPSA) is 38.8 Å². The molecule has 1 aromatic rings. The summed E-state index contributed by atoms with van der Waals surface area (Å²) in [5, 5.41) is 0. The number of amides is 1. The summed E-state index contributed by atoms with van der Waals surface area (Å²) < 4.78 is 11.4. The van der Waals surface area contributed by atoms with Crippen molar-refractivity contribution in [3.05, 3.63) is 29.3 Å². The second-order valence-corrected chi connectivity index (χ2v) is 6.74. The molecule has 0 radical (unpaired) electrons. The van der Waals surface area contributed by atoms with E-state index in [4.69, 9.17) is 9.47 Å². The molecule has 2 rings (SSSR count). The Hall–Kier alpha value is -1.71. The first-order valence-electron chi connectivity index (χ1n) is 7.50. The molecule has 4 nitrogen and oxygen atoms in total. The molecule has 4 heteroatoms. The first-order chi connectivity index (χ1) is 9.78. The van der Waals surface area contributed by atoms with E-state index in [0.29, 0.717) is 25.6 Å². The molecule has 21 heavy (non-hydrogen) atoms. The van der Waals surface area contributed by atoms with Crippen LogP contribution in [0.1, 0.15) is 51.7 Å². The van der Waals surface area contributed by atoms with Crippen LogP contribution in [-0.2, 0) is 11.3 Å². The van der Waals surface area contributed by atoms with Crippen LogP contribution in [0.3, 0.4) is 0 Å². The number of benzene rings is 1. The number of fused-ring (bicyclic) bond motifs is 1. The van der Waals surface area contributed by atoms with Gasteiger partial charge >= 0.3 is 6.09 Å². The molecule has 0 saturated heterocycles. The molecule has 1 aliphatic rings. The van der Waals surface area contributed by atoms with E-state index < -0.39 is 5.60 Å². The highest BCUT2D eigenvalue weighted by Crippen LogP contribution is 2.32. The molecule has 1 aliphatic heterocycles. The zero-order valence-corrected chi connectivity index (χ0v) is 13.6. The first kappa shape index (κ1) is 15.7. The van der Waals surface area contributed by atoms with Crippen LogP contribution in [-0.4, -0.2) is 29.7 Å². The molecule has 1 amide bonds. The minimum absolute atomic E-state index is 0.283. The number of para-hydroxylation sites is 1. The average molecular weight is 291 g/mol. The number of hydrogen-bond acceptors (Lipinski definition) is 3. The molecule has 0 atom stereocenters. The van der Waals surface area contributed by atoms with Gasteiger partial charge in [0.05, 0.1) is 13.1 Å². The van der Waals surface area contributed by atoms with Crippen molar-refractivity contribution in [2.45, 2.75) is 52.7 Å². The fourth-order valence-electron chi connectivity index (χ4n) is 2.38. The Labute approximate surface area is 127 Å². The maximum absolute atomic E-state index is 12.2. The van der Waals surface area contributed by atoms with E-state index in [1.54, 1.807) is 4.90 Å². The fraction of sp³-hybridized carbons (Fsp3) is 0.588. The normalized spacial score (nSPS) is 15.2. The lowest BCUT2D eigenvalue weighted by Crippen LogP contribution is -2.37. The molecule has 0 aromatic heterocycles. The van der Waals surface area contributed by atoms with Crippen molar-refractivity contribution in [3.63, 3.8) is 0 Å². The predicted molar refractivity (Wildman–Crippen MR) is 82.7 cm³/mol. The summed E-state index contributed by atoms with van der Waals surface area (Å²) in [6.07, 6.45) is -0.283. The third-order valence-electron chi connectivity index (χ3n) is 3.37. The summed E-state index contributed by atoms with van der Waals surface area (Å²) in [7, 11) is 0. The number of ether oxygens (including phenoxy) is 2. The second-order valence-electron chi connectivity index (χ2n) is 6.74. The second kappa shape index (κ2) is 5.96. The summed E-state index contributed by atoms with van der Waals surface area (Å²) in [6, 6.07) is 6.13. The molecular weight excluding hydrogens is 266 g/mol. The SMILES string of the molecule is CC(C)c1cccc2c1OCCN(C(=O)OC(C)(C)C)C2. The van der Waals surface area contributed by atoms with E-state index in [1.165, 1.54) is 5.56 Å². The van der Waals surface area contributed by atoms with Crippen molar-refractivity contribution in [2.24, 2.45) is 0 Å². The van der Waals surface area contributed by atoms with Crippen LogP contribution < -0.4 is 4.74 Å². The summed E-state index contributed by atoms with van der Waals surface area (Å²) in [6.45, 7) is 11.5. The van der Waals surface area contributed by atoms with E-state index in [9.17, 15) is 4.79 Å². The minimum Gasteiger partial charge on any atom is -0.491 e. The summed E-state index contributed by atoms with van der Waals surface area (Å²) in [5.41, 5.74) is 1.76. The highest BCUT2D eigenvalue weighted by atomic mass is 16.6. The quantitative estimate of drug-likeness (QED) is 0.786. The van der Waals surface area contributed by atoms with E-state index in [0.717, 1.165) is 11.3 Å². The molecule has 0 aliphatic carbocycles. The Morgan fingerprint density at radius 3 is 2.67 bits per heavy atom. The van der Waals surface area contributed by atoms with Crippen LogP contribution in [0.25, 0.3) is 0 Å². The standard InChI is InChI=1S/C17H25NO3/c1-12(2)14-8-6-7-13-11-18(9-10-20-15(13)14)16(19)21-17(3,4)5/h6-8,12H,9-11H2,1-5H3. The van der Waals surface area contributed by atoms with Crippen molar-refractivity contribution in [3.8, 4) is 5.75 Å². The number of rotatable bonds is 1. The van der Waals surface area contributed by atoms with Gasteiger partial charge in [0.1, 0.15) is 18.0 Å². The lowest BCUT2D eigenvalue weighted by Gasteiger charge is -2.26. The van der Waals surface area contributed by atoms with Crippen LogP contribution in [0.15, 0.2) is 18.2 Å². The highest BCUT2D eigenvalue weighted by molar-refractivity contribution is 5.68. The number of carbonyl (C=O) groups excluding carboxylic acids is 1. The Balaban J connectivity index is 2.22. The van der Waals surface area contributed by atoms with Gasteiger partial charge in [-0.2, -0.15) is 0 Å². The van der Waals surface area contributed by atoms with Gasteiger partial charge < -0.3 is 14.4 Å². The van der Waals surface area contributed by atoms with Crippen LogP contribution >= 0.6 is 0 Å². The van der Waals surface area contributed by atoms with Gasteiger partial charge in [-0.05, 0) is 32.3 Å². The molecule has 0 unspecified atom stereocenters. The van der Waals surface area contributed by atoms with Gasteiger partial charge in [0.25, 0.3) is 0 Å². The third-order valence-corrected chi connectivity index (χ3v) is 3.37. The van der Waals surface area contributed by atoms with Gasteiger partial charge in [-0.1, -0.05) is 32.0 Å². The van der Waals surface area contributed by atoms with Crippen molar-refractivity contribution in [2.75, 3.05) is 13.2 Å². The molecule has 0 saturated carbocycles. The van der Waals surface area contributed by atoms with Crippen LogP contribution in [0.2, 0.25) is 0 Å². The highest BCUT2D eigenvalue weighted by Gasteiger charge is 2.26. The Kier molecular flexibility index (Phi) is 4.45. The average Bonchev–Trinajstić information content (AvgIpc) is 2.57. The monoisotopic (exact) mass is 291 g/mol. The van der Waals surface area contributed by atoms with Gasteiger partial charge in [0, 0.05) is 5.56 Å². The van der Waals surface area contributed by atoms with E-state index in [1.807, 2.05) is 32.9 Å². The summed E-state index contributed by atoms with van der Waals surface area (Å²) in [4.78, 5) is 14.0. The van der Waals surface area contributed by atoms with Crippen molar-refractivity contribution in [1.82, 2.24) is 4.90 Å². The van der Waals surface area contributed by atoms with Crippen molar-refractivity contribution in [1.29, 1.82) is 0 Å². The molecule has 0 N–H and O–H groups in total. The molecule has 116 valence electrons. The number of hydrogen-bond donors (Lipinski definition) is 0. The van der Waals surface area contributed by atoms with Gasteiger partial charge in [-0.25, -0.2) is 4.79 Å². The van der Waals surface area contributed by atoms with E-state index >= 15 is 0 Å². The van der Waals surface area contributed by atoms with Gasteiger partial charge in [0.2, 0.25) is 0 Å². The molecule has 0 fully saturated rings. The summed E-state index contributed by atoms with van der Waals surface area (Å²) >= 11 is 0. The summed E-state index contributed by atoms with van der Waals surface area (Å²) in [5.74, 6) is 1.33. The number of carbonyl (C=O) groups is 1. The van der Waals surface area contributed by atoms with E-state index in [-0.39, 0.29) is 6.09 Å². The fourth-order valence-corrected chi connectivity index (χ4v) is 2.38. The van der Waals surface area contributed by atoms with Gasteiger partial charge in [-0.3, -0.25) is 0 Å². The van der Waals surface area contributed by atoms with Crippen LogP contribution in [0.5, 0.6) is 5.75 Å². The first-order valence-corrected chi connectivity index (χ1v) is 7.50. The Bertz CT molecular complexity index is 517. The zero-order chi connectivity index (χ0) is 15.6. The van der Waals surface area contributed by atoms with Gasteiger partial charge in [-0.15, -0.1) is 0 Å². The molecule has 0 bridgehead atoms. The predicted octanol–water partition coefficient (Wildman–Crippen LogP) is 3.94. The molecule has 1 aromatic carbocycles. The van der Waals surface area contributed by atoms with E-state index in [2.05, 4.69) is 19.9 Å². The third kappa shape index (κ3) is 3.90. The van der Waals surface area contributed by atoms with Crippen LogP contribution in [0.4, 0.5) is 4.79 Å². The zero-order valence-electron chi connectivity index (χ0n) is 13.6. The van der Waals surface area contributed by atoms with Gasteiger partial charge in [0.15, 0.2) is 0 Å². The lowest BCUT2D eigenvalue weighted by molar-refractivity contribution is 0.0225. The van der Waals surface area contributed by atoms with Crippen LogP contribution in [0, 0.1) is 0 Å². The maximum Gasteiger partial charge on any atom is 0.410 e. The Morgan fingerprint density at radius 2 is 2.05 bits per heavy atom. The molecule has 0 spiro atoms. The maximum atomic E-state index is 12.2. The molecular formula is C17H25NO3. The number of nitrogens with zero attached hydrogens (tertiary/aromatic N) is 1. The smallest absolute Gasteiger partial charge is 0.410 e.